The number of allylic oxidation sites excluding steroid dienone is 2. The van der Waals surface area contributed by atoms with E-state index in [0.29, 0.717) is 38.3 Å². The molecule has 3 aromatic rings. The Hall–Kier alpha value is -3.99. The Morgan fingerprint density at radius 1 is 0.972 bits per heavy atom. The van der Waals surface area contributed by atoms with Crippen LogP contribution in [0.5, 0.6) is 0 Å². The summed E-state index contributed by atoms with van der Waals surface area (Å²) in [4.78, 5) is 26.0. The Morgan fingerprint density at radius 2 is 1.61 bits per heavy atom. The number of benzene rings is 3. The van der Waals surface area contributed by atoms with Crippen LogP contribution in [0.4, 0.5) is 11.4 Å². The van der Waals surface area contributed by atoms with Crippen LogP contribution in [0, 0.1) is 11.3 Å². The number of rotatable bonds is 7. The quantitative estimate of drug-likeness (QED) is 0.357. The molecule has 180 valence electrons. The molecule has 0 fully saturated rings. The molecule has 0 aliphatic carbocycles. The number of nitrogens with zero attached hydrogens (tertiary/aromatic N) is 1. The molecule has 1 aliphatic heterocycles. The van der Waals surface area contributed by atoms with Gasteiger partial charge >= 0.3 is 0 Å². The summed E-state index contributed by atoms with van der Waals surface area (Å²) in [6, 6.07) is 27.9. The van der Waals surface area contributed by atoms with Crippen molar-refractivity contribution >= 4 is 46.6 Å². The molecule has 36 heavy (non-hydrogen) atoms. The average molecular weight is 515 g/mol. The van der Waals surface area contributed by atoms with Crippen LogP contribution in [-0.4, -0.2) is 17.6 Å². The lowest BCUT2D eigenvalue weighted by molar-refractivity contribution is -0.114. The van der Waals surface area contributed by atoms with Crippen molar-refractivity contribution in [3.63, 3.8) is 0 Å². The molecular weight excluding hydrogens is 492 g/mol. The largest absolute Gasteiger partial charge is 0.353 e. The van der Waals surface area contributed by atoms with Crippen LogP contribution in [0.3, 0.4) is 0 Å². The number of carbonyl (C=O) groups excluding carboxylic acids is 2. The van der Waals surface area contributed by atoms with Gasteiger partial charge in [0.05, 0.1) is 39.1 Å². The van der Waals surface area contributed by atoms with Gasteiger partial charge in [0.1, 0.15) is 0 Å². The first-order valence-electron chi connectivity index (χ1n) is 11.2. The van der Waals surface area contributed by atoms with Crippen molar-refractivity contribution in [3.8, 4) is 6.07 Å². The van der Waals surface area contributed by atoms with Crippen molar-refractivity contribution in [1.29, 1.82) is 5.26 Å². The normalized spacial score (nSPS) is 15.1. The number of dihydropyridines is 1. The van der Waals surface area contributed by atoms with Gasteiger partial charge in [0, 0.05) is 17.0 Å². The van der Waals surface area contributed by atoms with Crippen molar-refractivity contribution in [2.24, 2.45) is 0 Å². The van der Waals surface area contributed by atoms with Crippen LogP contribution in [0.1, 0.15) is 18.4 Å². The number of hydrogen-bond donors (Lipinski definition) is 3. The standard InChI is InChI=1S/C28H23ClN4O2S/c1-18-25(27(35)32-20-12-6-3-7-13-20)26(19-10-4-2-5-11-19)21(16-30)28(31-18)36-17-24(34)33-23-15-9-8-14-22(23)29/h2-15,26,31H,17H2,1H3,(H,32,35)(H,33,34)/t26-/m1/s1. The van der Waals surface area contributed by atoms with E-state index in [1.165, 1.54) is 11.8 Å². The number of hydrogen-bond acceptors (Lipinski definition) is 5. The maximum Gasteiger partial charge on any atom is 0.254 e. The summed E-state index contributed by atoms with van der Waals surface area (Å²) < 4.78 is 0. The first kappa shape index (κ1) is 25.1. The minimum absolute atomic E-state index is 0.0546. The van der Waals surface area contributed by atoms with E-state index in [2.05, 4.69) is 22.0 Å². The lowest BCUT2D eigenvalue weighted by Gasteiger charge is -2.30. The zero-order valence-corrected chi connectivity index (χ0v) is 21.0. The second-order valence-corrected chi connectivity index (χ2v) is 9.39. The van der Waals surface area contributed by atoms with Gasteiger partial charge < -0.3 is 16.0 Å². The highest BCUT2D eigenvalue weighted by Crippen LogP contribution is 2.41. The molecule has 0 saturated carbocycles. The fourth-order valence-corrected chi connectivity index (χ4v) is 4.99. The number of carbonyl (C=O) groups is 2. The molecule has 3 aromatic carbocycles. The summed E-state index contributed by atoms with van der Waals surface area (Å²) in [5, 5.41) is 20.1. The van der Waals surface area contributed by atoms with Crippen molar-refractivity contribution in [1.82, 2.24) is 5.32 Å². The average Bonchev–Trinajstić information content (AvgIpc) is 2.89. The maximum atomic E-state index is 13.4. The molecule has 4 rings (SSSR count). The van der Waals surface area contributed by atoms with Crippen molar-refractivity contribution < 1.29 is 9.59 Å². The first-order valence-corrected chi connectivity index (χ1v) is 12.5. The third-order valence-corrected chi connectivity index (χ3v) is 6.90. The van der Waals surface area contributed by atoms with Gasteiger partial charge in [0.2, 0.25) is 5.91 Å². The van der Waals surface area contributed by atoms with E-state index in [1.54, 1.807) is 31.2 Å². The number of anilines is 2. The number of amides is 2. The van der Waals surface area contributed by atoms with Gasteiger partial charge in [-0.3, -0.25) is 9.59 Å². The number of thioether (sulfide) groups is 1. The molecular formula is C28H23ClN4O2S. The Bertz CT molecular complexity index is 1380. The first-order chi connectivity index (χ1) is 17.5. The highest BCUT2D eigenvalue weighted by molar-refractivity contribution is 8.03. The topological polar surface area (TPSA) is 94.0 Å². The lowest BCUT2D eigenvalue weighted by atomic mass is 9.82. The SMILES string of the molecule is CC1=C(C(=O)Nc2ccccc2)[C@H](c2ccccc2)C(C#N)=C(SCC(=O)Nc2ccccc2Cl)N1. The van der Waals surface area contributed by atoms with Crippen molar-refractivity contribution in [2.45, 2.75) is 12.8 Å². The van der Waals surface area contributed by atoms with Crippen LogP contribution < -0.4 is 16.0 Å². The molecule has 2 amide bonds. The van der Waals surface area contributed by atoms with E-state index in [1.807, 2.05) is 60.7 Å². The summed E-state index contributed by atoms with van der Waals surface area (Å²) in [7, 11) is 0. The second kappa shape index (κ2) is 11.6. The zero-order valence-electron chi connectivity index (χ0n) is 19.4. The summed E-state index contributed by atoms with van der Waals surface area (Å²) in [5.74, 6) is -1.09. The Kier molecular flexibility index (Phi) is 8.11. The number of para-hydroxylation sites is 2. The Labute approximate surface area is 219 Å². The van der Waals surface area contributed by atoms with Crippen molar-refractivity contribution in [2.75, 3.05) is 16.4 Å². The van der Waals surface area contributed by atoms with E-state index in [0.717, 1.165) is 5.56 Å². The molecule has 1 heterocycles. The molecule has 3 N–H and O–H groups in total. The number of nitriles is 1. The minimum Gasteiger partial charge on any atom is -0.353 e. The molecule has 8 heteroatoms. The molecule has 6 nitrogen and oxygen atoms in total. The zero-order chi connectivity index (χ0) is 25.5. The van der Waals surface area contributed by atoms with Gasteiger partial charge in [-0.05, 0) is 36.8 Å². The second-order valence-electron chi connectivity index (χ2n) is 8.00. The molecule has 0 spiro atoms. The van der Waals surface area contributed by atoms with Gasteiger partial charge in [0.15, 0.2) is 0 Å². The van der Waals surface area contributed by atoms with Crippen LogP contribution in [0.2, 0.25) is 5.02 Å². The summed E-state index contributed by atoms with van der Waals surface area (Å²) in [6.07, 6.45) is 0. The number of halogens is 1. The third kappa shape index (κ3) is 5.80. The predicted molar refractivity (Wildman–Crippen MR) is 145 cm³/mol. The third-order valence-electron chi connectivity index (χ3n) is 5.55. The van der Waals surface area contributed by atoms with Gasteiger partial charge in [-0.1, -0.05) is 84.0 Å². The molecule has 1 atom stereocenters. The fraction of sp³-hybridized carbons (Fsp3) is 0.107. The molecule has 0 aromatic heterocycles. The van der Waals surface area contributed by atoms with Gasteiger partial charge in [-0.2, -0.15) is 5.26 Å². The monoisotopic (exact) mass is 514 g/mol. The van der Waals surface area contributed by atoms with Gasteiger partial charge in [0.25, 0.3) is 5.91 Å². The smallest absolute Gasteiger partial charge is 0.254 e. The maximum absolute atomic E-state index is 13.4. The predicted octanol–water partition coefficient (Wildman–Crippen LogP) is 6.05. The van der Waals surface area contributed by atoms with Crippen LogP contribution in [0.15, 0.2) is 107 Å². The van der Waals surface area contributed by atoms with E-state index in [-0.39, 0.29) is 17.6 Å². The molecule has 0 bridgehead atoms. The van der Waals surface area contributed by atoms with Crippen LogP contribution >= 0.6 is 23.4 Å². The van der Waals surface area contributed by atoms with E-state index in [4.69, 9.17) is 11.6 Å². The van der Waals surface area contributed by atoms with Crippen LogP contribution in [0.25, 0.3) is 0 Å². The van der Waals surface area contributed by atoms with Gasteiger partial charge in [-0.15, -0.1) is 0 Å². The van der Waals surface area contributed by atoms with Gasteiger partial charge in [-0.25, -0.2) is 0 Å². The lowest BCUT2D eigenvalue weighted by Crippen LogP contribution is -2.31. The highest BCUT2D eigenvalue weighted by Gasteiger charge is 2.34. The number of nitrogens with one attached hydrogen (secondary N) is 3. The van der Waals surface area contributed by atoms with Crippen molar-refractivity contribution in [3.05, 3.63) is 117 Å². The summed E-state index contributed by atoms with van der Waals surface area (Å²) in [6.45, 7) is 1.80. The molecule has 0 saturated heterocycles. The summed E-state index contributed by atoms with van der Waals surface area (Å²) >= 11 is 7.35. The summed E-state index contributed by atoms with van der Waals surface area (Å²) in [5.41, 5.74) is 3.44. The van der Waals surface area contributed by atoms with E-state index < -0.39 is 5.92 Å². The molecule has 0 radical (unpaired) electrons. The van der Waals surface area contributed by atoms with E-state index >= 15 is 0 Å². The minimum atomic E-state index is -0.588. The highest BCUT2D eigenvalue weighted by atomic mass is 35.5. The Balaban J connectivity index is 1.61. The Morgan fingerprint density at radius 3 is 2.28 bits per heavy atom. The molecule has 0 unspecified atom stereocenters. The fourth-order valence-electron chi connectivity index (χ4n) is 3.91. The van der Waals surface area contributed by atoms with Crippen LogP contribution in [-0.2, 0) is 9.59 Å². The molecule has 1 aliphatic rings. The van der Waals surface area contributed by atoms with E-state index in [9.17, 15) is 14.9 Å².